The summed E-state index contributed by atoms with van der Waals surface area (Å²) in [7, 11) is 0. The summed E-state index contributed by atoms with van der Waals surface area (Å²) in [6.07, 6.45) is 17.9. The summed E-state index contributed by atoms with van der Waals surface area (Å²) < 4.78 is 11.2. The Kier molecular flexibility index (Phi) is 27.7. The van der Waals surface area contributed by atoms with Crippen LogP contribution in [0.3, 0.4) is 0 Å². The Morgan fingerprint density at radius 3 is 1.72 bits per heavy atom. The molecule has 0 aliphatic carbocycles. The Morgan fingerprint density at radius 2 is 1.18 bits per heavy atom. The topological polar surface area (TPSA) is 187 Å². The van der Waals surface area contributed by atoms with Crippen LogP contribution in [0.5, 0.6) is 0 Å². The summed E-state index contributed by atoms with van der Waals surface area (Å²) in [5.74, 6) is -1.52. The SMILES string of the molecule is CCCCCCCCCCCCCCN(C(=O)CCCCCCCCCCC)[C@@H]1O[C@H](CO)[C@@H](O)[C@H](O)[C@H]1NC(=O)CNC(=O)CNC(=O)OCc1ccccc1. The molecular formula is C44H76N4O9. The van der Waals surface area contributed by atoms with Crippen LogP contribution in [0.1, 0.15) is 161 Å². The van der Waals surface area contributed by atoms with Crippen molar-refractivity contribution in [3.8, 4) is 0 Å². The molecule has 2 rings (SSSR count). The van der Waals surface area contributed by atoms with Crippen LogP contribution in [-0.2, 0) is 30.5 Å². The molecule has 0 bridgehead atoms. The first-order chi connectivity index (χ1) is 27.7. The van der Waals surface area contributed by atoms with Crippen LogP contribution in [-0.4, -0.2) is 101 Å². The van der Waals surface area contributed by atoms with Gasteiger partial charge in [0.15, 0.2) is 6.23 Å². The summed E-state index contributed by atoms with van der Waals surface area (Å²) in [5, 5.41) is 39.5. The van der Waals surface area contributed by atoms with Gasteiger partial charge in [-0.15, -0.1) is 0 Å². The molecule has 1 aromatic carbocycles. The number of ether oxygens (including phenoxy) is 2. The number of carbonyl (C=O) groups excluding carboxylic acids is 4. The number of benzene rings is 1. The summed E-state index contributed by atoms with van der Waals surface area (Å²) in [6, 6.07) is 7.84. The Labute approximate surface area is 342 Å². The lowest BCUT2D eigenvalue weighted by Crippen LogP contribution is -2.69. The second-order valence-electron chi connectivity index (χ2n) is 15.6. The number of aliphatic hydroxyl groups excluding tert-OH is 3. The van der Waals surface area contributed by atoms with Crippen LogP contribution < -0.4 is 16.0 Å². The molecule has 57 heavy (non-hydrogen) atoms. The number of nitrogens with zero attached hydrogens (tertiary/aromatic N) is 1. The predicted octanol–water partition coefficient (Wildman–Crippen LogP) is 6.40. The molecule has 0 aromatic heterocycles. The maximum atomic E-state index is 13.9. The van der Waals surface area contributed by atoms with Gasteiger partial charge in [-0.1, -0.05) is 166 Å². The largest absolute Gasteiger partial charge is 0.445 e. The number of hydrogen-bond acceptors (Lipinski definition) is 9. The van der Waals surface area contributed by atoms with Crippen molar-refractivity contribution in [3.63, 3.8) is 0 Å². The van der Waals surface area contributed by atoms with Crippen LogP contribution in [0.25, 0.3) is 0 Å². The van der Waals surface area contributed by atoms with E-state index in [4.69, 9.17) is 9.47 Å². The normalized spacial score (nSPS) is 19.1. The second kappa shape index (κ2) is 31.7. The zero-order valence-electron chi connectivity index (χ0n) is 35.1. The quantitative estimate of drug-likeness (QED) is 0.0448. The van der Waals surface area contributed by atoms with Crippen molar-refractivity contribution in [2.75, 3.05) is 26.2 Å². The van der Waals surface area contributed by atoms with Gasteiger partial charge in [0.25, 0.3) is 0 Å². The summed E-state index contributed by atoms with van der Waals surface area (Å²) in [5.41, 5.74) is 0.786. The predicted molar refractivity (Wildman–Crippen MR) is 222 cm³/mol. The summed E-state index contributed by atoms with van der Waals surface area (Å²) in [4.78, 5) is 53.1. The van der Waals surface area contributed by atoms with Crippen LogP contribution in [0.2, 0.25) is 0 Å². The van der Waals surface area contributed by atoms with E-state index in [1.807, 2.05) is 18.2 Å². The average Bonchev–Trinajstić information content (AvgIpc) is 3.22. The highest BCUT2D eigenvalue weighted by molar-refractivity contribution is 5.87. The van der Waals surface area contributed by atoms with Gasteiger partial charge >= 0.3 is 6.09 Å². The molecule has 0 radical (unpaired) electrons. The zero-order chi connectivity index (χ0) is 41.5. The Morgan fingerprint density at radius 1 is 0.667 bits per heavy atom. The van der Waals surface area contributed by atoms with E-state index in [1.54, 1.807) is 17.0 Å². The number of aliphatic hydroxyl groups is 3. The molecule has 6 N–H and O–H groups in total. The van der Waals surface area contributed by atoms with Gasteiger partial charge in [-0.25, -0.2) is 4.79 Å². The van der Waals surface area contributed by atoms with E-state index < -0.39 is 68.2 Å². The molecule has 1 aliphatic rings. The third-order valence-corrected chi connectivity index (χ3v) is 10.7. The standard InChI is InChI=1S/C44H76N4O9/c1-3-5-7-9-11-13-14-15-17-19-21-26-30-48(39(52)29-25-20-18-16-12-10-8-6-4-2)43-40(42(54)41(53)36(33-49)57-43)47-38(51)32-45-37(50)31-46-44(55)56-34-35-27-23-22-24-28-35/h22-24,27-28,36,40-43,49,53-54H,3-21,25-26,29-34H2,1-2H3,(H,45,50)(H,46,55)(H,47,51)/t36-,40-,41-,42-,43-/m1/s1. The number of amides is 4. The van der Waals surface area contributed by atoms with Crippen molar-refractivity contribution in [2.45, 2.75) is 192 Å². The fourth-order valence-electron chi connectivity index (χ4n) is 7.17. The van der Waals surface area contributed by atoms with Crippen molar-refractivity contribution in [2.24, 2.45) is 0 Å². The minimum atomic E-state index is -1.56. The first-order valence-electron chi connectivity index (χ1n) is 22.1. The van der Waals surface area contributed by atoms with E-state index in [0.29, 0.717) is 19.4 Å². The van der Waals surface area contributed by atoms with Crippen LogP contribution in [0.4, 0.5) is 4.79 Å². The molecule has 13 heteroatoms. The van der Waals surface area contributed by atoms with Crippen LogP contribution in [0, 0.1) is 0 Å². The first-order valence-corrected chi connectivity index (χ1v) is 22.1. The number of carbonyl (C=O) groups is 4. The lowest BCUT2D eigenvalue weighted by Gasteiger charge is -2.47. The highest BCUT2D eigenvalue weighted by atomic mass is 16.6. The minimum absolute atomic E-state index is 0.0324. The smallest absolute Gasteiger partial charge is 0.407 e. The van der Waals surface area contributed by atoms with Crippen molar-refractivity contribution in [3.05, 3.63) is 35.9 Å². The number of unbranched alkanes of at least 4 members (excludes halogenated alkanes) is 19. The summed E-state index contributed by atoms with van der Waals surface area (Å²) in [6.45, 7) is 3.27. The maximum absolute atomic E-state index is 13.9. The van der Waals surface area contributed by atoms with E-state index in [9.17, 15) is 34.5 Å². The van der Waals surface area contributed by atoms with E-state index >= 15 is 0 Å². The van der Waals surface area contributed by atoms with E-state index in [1.165, 1.54) is 83.5 Å². The number of hydrogen-bond donors (Lipinski definition) is 6. The van der Waals surface area contributed by atoms with Gasteiger partial charge in [0.1, 0.15) is 37.5 Å². The van der Waals surface area contributed by atoms with Gasteiger partial charge in [-0.2, -0.15) is 0 Å². The number of rotatable bonds is 32. The first kappa shape index (κ1) is 49.9. The minimum Gasteiger partial charge on any atom is -0.445 e. The molecular weight excluding hydrogens is 729 g/mol. The van der Waals surface area contributed by atoms with Gasteiger partial charge in [-0.3, -0.25) is 14.4 Å². The third-order valence-electron chi connectivity index (χ3n) is 10.7. The Bertz CT molecular complexity index is 1220. The molecule has 0 unspecified atom stereocenters. The monoisotopic (exact) mass is 805 g/mol. The third kappa shape index (κ3) is 21.9. The molecule has 1 heterocycles. The lowest BCUT2D eigenvalue weighted by atomic mass is 9.94. The molecule has 0 saturated carbocycles. The van der Waals surface area contributed by atoms with Crippen molar-refractivity contribution < 1.29 is 44.0 Å². The molecule has 1 saturated heterocycles. The zero-order valence-corrected chi connectivity index (χ0v) is 35.1. The van der Waals surface area contributed by atoms with Gasteiger partial charge < -0.3 is 45.6 Å². The molecule has 326 valence electrons. The molecule has 1 aromatic rings. The second-order valence-corrected chi connectivity index (χ2v) is 15.6. The fraction of sp³-hybridized carbons (Fsp3) is 0.773. The highest BCUT2D eigenvalue weighted by Gasteiger charge is 2.48. The lowest BCUT2D eigenvalue weighted by molar-refractivity contribution is -0.231. The highest BCUT2D eigenvalue weighted by Crippen LogP contribution is 2.26. The fourth-order valence-corrected chi connectivity index (χ4v) is 7.17. The van der Waals surface area contributed by atoms with Gasteiger partial charge in [-0.05, 0) is 18.4 Å². The van der Waals surface area contributed by atoms with Gasteiger partial charge in [0.2, 0.25) is 17.7 Å². The molecule has 1 aliphatic heterocycles. The Hall–Kier alpha value is -3.26. The van der Waals surface area contributed by atoms with E-state index in [2.05, 4.69) is 29.8 Å². The van der Waals surface area contributed by atoms with E-state index in [-0.39, 0.29) is 18.9 Å². The Balaban J connectivity index is 1.97. The summed E-state index contributed by atoms with van der Waals surface area (Å²) >= 11 is 0. The van der Waals surface area contributed by atoms with Crippen molar-refractivity contribution >= 4 is 23.8 Å². The van der Waals surface area contributed by atoms with Crippen molar-refractivity contribution in [1.29, 1.82) is 0 Å². The molecule has 0 spiro atoms. The number of nitrogens with one attached hydrogen (secondary N) is 3. The van der Waals surface area contributed by atoms with Crippen molar-refractivity contribution in [1.82, 2.24) is 20.9 Å². The van der Waals surface area contributed by atoms with E-state index in [0.717, 1.165) is 44.1 Å². The van der Waals surface area contributed by atoms with Gasteiger partial charge in [0.05, 0.1) is 13.2 Å². The average molecular weight is 805 g/mol. The molecule has 4 amide bonds. The molecule has 13 nitrogen and oxygen atoms in total. The molecule has 1 fully saturated rings. The van der Waals surface area contributed by atoms with Crippen LogP contribution in [0.15, 0.2) is 30.3 Å². The van der Waals surface area contributed by atoms with Crippen LogP contribution >= 0.6 is 0 Å². The molecule has 5 atom stereocenters. The van der Waals surface area contributed by atoms with Gasteiger partial charge in [0, 0.05) is 13.0 Å². The number of alkyl carbamates (subject to hydrolysis) is 1. The maximum Gasteiger partial charge on any atom is 0.407 e.